The molecule has 0 unspecified atom stereocenters. The van der Waals surface area contributed by atoms with Crippen molar-refractivity contribution in [3.63, 3.8) is 0 Å². The largest absolute Gasteiger partial charge is 0.508 e. The van der Waals surface area contributed by atoms with Crippen molar-refractivity contribution in [2.45, 2.75) is 6.42 Å². The lowest BCUT2D eigenvalue weighted by Gasteiger charge is -2.07. The second-order valence-electron chi connectivity index (χ2n) is 7.59. The second-order valence-corrected chi connectivity index (χ2v) is 8.03. The number of amides is 2. The van der Waals surface area contributed by atoms with E-state index in [4.69, 9.17) is 11.6 Å². The van der Waals surface area contributed by atoms with Gasteiger partial charge in [-0.25, -0.2) is 4.68 Å². The van der Waals surface area contributed by atoms with E-state index in [-0.39, 0.29) is 17.6 Å². The van der Waals surface area contributed by atoms with Crippen LogP contribution in [0.3, 0.4) is 0 Å². The lowest BCUT2D eigenvalue weighted by Crippen LogP contribution is -2.30. The predicted octanol–water partition coefficient (Wildman–Crippen LogP) is 4.45. The molecule has 172 valence electrons. The summed E-state index contributed by atoms with van der Waals surface area (Å²) in [6, 6.07) is 22.9. The fraction of sp³-hybridized carbons (Fsp3) is 0.115. The minimum atomic E-state index is -0.281. The van der Waals surface area contributed by atoms with E-state index in [0.717, 1.165) is 11.3 Å². The summed E-state index contributed by atoms with van der Waals surface area (Å²) in [6.07, 6.45) is 2.25. The first-order valence-corrected chi connectivity index (χ1v) is 11.2. The van der Waals surface area contributed by atoms with E-state index >= 15 is 0 Å². The molecule has 0 aliphatic rings. The fourth-order valence-electron chi connectivity index (χ4n) is 3.41. The number of nitrogens with one attached hydrogen (secondary N) is 2. The molecule has 1 heterocycles. The SMILES string of the molecule is O=C(NCCCNC(=O)c1cn(-c2ccccc2)nc1-c1ccc(Cl)cc1)c1cccc(O)c1. The van der Waals surface area contributed by atoms with Crippen molar-refractivity contribution in [1.29, 1.82) is 0 Å². The summed E-state index contributed by atoms with van der Waals surface area (Å²) >= 11 is 6.02. The quantitative estimate of drug-likeness (QED) is 0.329. The Kier molecular flexibility index (Phi) is 7.25. The molecule has 3 aromatic carbocycles. The highest BCUT2D eigenvalue weighted by molar-refractivity contribution is 6.30. The van der Waals surface area contributed by atoms with Crippen LogP contribution in [0.5, 0.6) is 5.75 Å². The Morgan fingerprint density at radius 3 is 2.29 bits per heavy atom. The first kappa shape index (κ1) is 23.1. The lowest BCUT2D eigenvalue weighted by atomic mass is 10.1. The van der Waals surface area contributed by atoms with Gasteiger partial charge in [0.1, 0.15) is 11.4 Å². The van der Waals surface area contributed by atoms with Gasteiger partial charge in [0, 0.05) is 35.4 Å². The molecule has 3 N–H and O–H groups in total. The highest BCUT2D eigenvalue weighted by Gasteiger charge is 2.18. The molecular formula is C26H23ClN4O3. The average Bonchev–Trinajstić information content (AvgIpc) is 3.30. The Morgan fingerprint density at radius 1 is 0.882 bits per heavy atom. The number of rotatable bonds is 8. The number of aromatic nitrogens is 2. The third-order valence-electron chi connectivity index (χ3n) is 5.13. The van der Waals surface area contributed by atoms with Crippen LogP contribution in [0.25, 0.3) is 16.9 Å². The Balaban J connectivity index is 1.41. The van der Waals surface area contributed by atoms with Gasteiger partial charge < -0.3 is 15.7 Å². The summed E-state index contributed by atoms with van der Waals surface area (Å²) in [5.41, 5.74) is 2.99. The molecule has 4 aromatic rings. The maximum Gasteiger partial charge on any atom is 0.255 e. The van der Waals surface area contributed by atoms with E-state index in [2.05, 4.69) is 15.7 Å². The van der Waals surface area contributed by atoms with Crippen molar-refractivity contribution < 1.29 is 14.7 Å². The molecule has 0 aliphatic heterocycles. The molecule has 0 atom stereocenters. The van der Waals surface area contributed by atoms with Gasteiger partial charge in [-0.1, -0.05) is 48.0 Å². The topological polar surface area (TPSA) is 96.3 Å². The smallest absolute Gasteiger partial charge is 0.255 e. The zero-order valence-electron chi connectivity index (χ0n) is 18.2. The molecule has 0 radical (unpaired) electrons. The second kappa shape index (κ2) is 10.7. The standard InChI is InChI=1S/C26H23ClN4O3/c27-20-12-10-18(11-13-20)24-23(17-31(30-24)21-7-2-1-3-8-21)26(34)29-15-5-14-28-25(33)19-6-4-9-22(32)16-19/h1-4,6-13,16-17,32H,5,14-15H2,(H,28,33)(H,29,34). The Labute approximate surface area is 202 Å². The number of hydrogen-bond acceptors (Lipinski definition) is 4. The monoisotopic (exact) mass is 474 g/mol. The van der Waals surface area contributed by atoms with E-state index in [1.165, 1.54) is 12.1 Å². The van der Waals surface area contributed by atoms with Gasteiger partial charge in [0.15, 0.2) is 0 Å². The third kappa shape index (κ3) is 5.63. The molecule has 0 saturated carbocycles. The summed E-state index contributed by atoms with van der Waals surface area (Å²) < 4.78 is 1.67. The molecule has 0 aliphatic carbocycles. The maximum absolute atomic E-state index is 13.0. The molecule has 34 heavy (non-hydrogen) atoms. The fourth-order valence-corrected chi connectivity index (χ4v) is 3.54. The highest BCUT2D eigenvalue weighted by atomic mass is 35.5. The molecule has 0 saturated heterocycles. The van der Waals surface area contributed by atoms with Gasteiger partial charge in [-0.2, -0.15) is 5.10 Å². The summed E-state index contributed by atoms with van der Waals surface area (Å²) in [5.74, 6) is -0.504. The first-order valence-electron chi connectivity index (χ1n) is 10.8. The van der Waals surface area contributed by atoms with Crippen molar-refractivity contribution >= 4 is 23.4 Å². The number of nitrogens with zero attached hydrogens (tertiary/aromatic N) is 2. The van der Waals surface area contributed by atoms with Crippen LogP contribution in [0.1, 0.15) is 27.1 Å². The molecule has 0 spiro atoms. The van der Waals surface area contributed by atoms with E-state index in [9.17, 15) is 14.7 Å². The summed E-state index contributed by atoms with van der Waals surface area (Å²) in [6.45, 7) is 0.748. The Hall–Kier alpha value is -4.10. The minimum Gasteiger partial charge on any atom is -0.508 e. The van der Waals surface area contributed by atoms with E-state index < -0.39 is 0 Å². The molecule has 8 heteroatoms. The number of para-hydroxylation sites is 1. The van der Waals surface area contributed by atoms with Crippen molar-refractivity contribution in [3.8, 4) is 22.7 Å². The zero-order chi connectivity index (χ0) is 23.9. The van der Waals surface area contributed by atoms with Crippen LogP contribution in [0.2, 0.25) is 5.02 Å². The van der Waals surface area contributed by atoms with E-state index in [1.807, 2.05) is 42.5 Å². The molecule has 0 fully saturated rings. The van der Waals surface area contributed by atoms with Crippen molar-refractivity contribution in [2.75, 3.05) is 13.1 Å². The number of hydrogen-bond donors (Lipinski definition) is 3. The third-order valence-corrected chi connectivity index (χ3v) is 5.38. The molecule has 2 amide bonds. The zero-order valence-corrected chi connectivity index (χ0v) is 19.0. The number of halogens is 1. The lowest BCUT2D eigenvalue weighted by molar-refractivity contribution is 0.0951. The van der Waals surface area contributed by atoms with Crippen LogP contribution in [-0.4, -0.2) is 39.8 Å². The van der Waals surface area contributed by atoms with Gasteiger partial charge in [0.25, 0.3) is 11.8 Å². The van der Waals surface area contributed by atoms with Crippen LogP contribution in [0, 0.1) is 0 Å². The first-order chi connectivity index (χ1) is 16.5. The number of phenolic OH excluding ortho intramolecular Hbond substituents is 1. The van der Waals surface area contributed by atoms with Crippen molar-refractivity contribution in [3.05, 3.63) is 101 Å². The number of phenols is 1. The summed E-state index contributed by atoms with van der Waals surface area (Å²) in [5, 5.41) is 20.4. The number of carbonyl (C=O) groups excluding carboxylic acids is 2. The Morgan fingerprint density at radius 2 is 1.59 bits per heavy atom. The van der Waals surface area contributed by atoms with Crippen LogP contribution < -0.4 is 10.6 Å². The molecule has 7 nitrogen and oxygen atoms in total. The van der Waals surface area contributed by atoms with E-state index in [1.54, 1.807) is 35.1 Å². The van der Waals surface area contributed by atoms with Crippen molar-refractivity contribution in [2.24, 2.45) is 0 Å². The van der Waals surface area contributed by atoms with Gasteiger partial charge in [-0.05, 0) is 48.9 Å². The van der Waals surface area contributed by atoms with Gasteiger partial charge in [-0.3, -0.25) is 9.59 Å². The van der Waals surface area contributed by atoms with Gasteiger partial charge >= 0.3 is 0 Å². The van der Waals surface area contributed by atoms with Gasteiger partial charge in [-0.15, -0.1) is 0 Å². The summed E-state index contributed by atoms with van der Waals surface area (Å²) in [4.78, 5) is 25.1. The summed E-state index contributed by atoms with van der Waals surface area (Å²) in [7, 11) is 0. The number of carbonyl (C=O) groups is 2. The molecular weight excluding hydrogens is 452 g/mol. The highest BCUT2D eigenvalue weighted by Crippen LogP contribution is 2.25. The Bertz CT molecular complexity index is 1290. The van der Waals surface area contributed by atoms with Gasteiger partial charge in [0.05, 0.1) is 11.3 Å². The molecule has 4 rings (SSSR count). The predicted molar refractivity (Wildman–Crippen MR) is 131 cm³/mol. The number of benzene rings is 3. The molecule has 1 aromatic heterocycles. The maximum atomic E-state index is 13.0. The number of aromatic hydroxyl groups is 1. The van der Waals surface area contributed by atoms with Crippen molar-refractivity contribution in [1.82, 2.24) is 20.4 Å². The average molecular weight is 475 g/mol. The normalized spacial score (nSPS) is 10.6. The molecule has 0 bridgehead atoms. The minimum absolute atomic E-state index is 0.0347. The van der Waals surface area contributed by atoms with Crippen LogP contribution in [0.15, 0.2) is 85.1 Å². The van der Waals surface area contributed by atoms with Gasteiger partial charge in [0.2, 0.25) is 0 Å². The van der Waals surface area contributed by atoms with Crippen LogP contribution in [-0.2, 0) is 0 Å². The van der Waals surface area contributed by atoms with Crippen LogP contribution >= 0.6 is 11.6 Å². The van der Waals surface area contributed by atoms with Crippen LogP contribution in [0.4, 0.5) is 0 Å². The van der Waals surface area contributed by atoms with E-state index in [0.29, 0.717) is 41.4 Å².